The number of alkyl halides is 6. The van der Waals surface area contributed by atoms with Gasteiger partial charge in [0.15, 0.2) is 0 Å². The van der Waals surface area contributed by atoms with Crippen LogP contribution in [0.15, 0.2) is 36.4 Å². The van der Waals surface area contributed by atoms with Crippen LogP contribution in [0.1, 0.15) is 31.8 Å². The van der Waals surface area contributed by atoms with Crippen molar-refractivity contribution >= 4 is 33.7 Å². The van der Waals surface area contributed by atoms with Crippen LogP contribution in [0, 0.1) is 11.6 Å². The highest BCUT2D eigenvalue weighted by atomic mass is 35.5. The summed E-state index contributed by atoms with van der Waals surface area (Å²) < 4.78 is 98.3. The smallest absolute Gasteiger partial charge is 0.275 e. The molecule has 0 unspecified atom stereocenters. The first-order valence-electron chi connectivity index (χ1n) is 6.78. The zero-order valence-corrected chi connectivity index (χ0v) is 14.6. The first kappa shape index (κ1) is 23.8. The maximum absolute atomic E-state index is 12.8. The Balaban J connectivity index is 0.000000280. The van der Waals surface area contributed by atoms with Crippen LogP contribution in [0.2, 0.25) is 0 Å². The van der Waals surface area contributed by atoms with Gasteiger partial charge in [0.05, 0.1) is 22.3 Å². The van der Waals surface area contributed by atoms with E-state index in [2.05, 4.69) is 0 Å². The number of carbonyl (C=O) groups is 2. The van der Waals surface area contributed by atoms with Gasteiger partial charge in [-0.15, -0.1) is 0 Å². The Kier molecular flexibility index (Phi) is 7.55. The summed E-state index contributed by atoms with van der Waals surface area (Å²) in [6, 6.07) is 3.73. The first-order valence-corrected chi connectivity index (χ1v) is 7.54. The van der Waals surface area contributed by atoms with E-state index in [9.17, 15) is 44.7 Å². The molecule has 2 nitrogen and oxygen atoms in total. The van der Waals surface area contributed by atoms with Gasteiger partial charge in [-0.2, -0.15) is 26.3 Å². The third kappa shape index (κ3) is 6.16. The van der Waals surface area contributed by atoms with Crippen molar-refractivity contribution in [2.45, 2.75) is 12.4 Å². The van der Waals surface area contributed by atoms with Crippen LogP contribution in [0.3, 0.4) is 0 Å². The topological polar surface area (TPSA) is 34.1 Å². The van der Waals surface area contributed by atoms with Gasteiger partial charge in [0.2, 0.25) is 0 Å². The molecule has 0 saturated heterocycles. The summed E-state index contributed by atoms with van der Waals surface area (Å²) in [4.78, 5) is 21.0. The fraction of sp³-hybridized carbons (Fsp3) is 0.125. The second kappa shape index (κ2) is 8.87. The molecule has 2 aromatic carbocycles. The highest BCUT2D eigenvalue weighted by Crippen LogP contribution is 2.33. The SMILES string of the molecule is O=C(Cl)c1c(F)cccc1C(F)(F)F.O=C(Cl)c1ccc(C(F)(F)F)cc1F. The largest absolute Gasteiger partial charge is 0.417 e. The zero-order chi connectivity index (χ0) is 21.9. The molecule has 0 fully saturated rings. The van der Waals surface area contributed by atoms with E-state index < -0.39 is 56.7 Å². The van der Waals surface area contributed by atoms with Crippen LogP contribution in [-0.2, 0) is 12.4 Å². The molecule has 0 N–H and O–H groups in total. The van der Waals surface area contributed by atoms with Crippen molar-refractivity contribution in [3.05, 3.63) is 70.3 Å². The van der Waals surface area contributed by atoms with Gasteiger partial charge in [0.25, 0.3) is 10.5 Å². The van der Waals surface area contributed by atoms with Crippen LogP contribution in [0.25, 0.3) is 0 Å². The Morgan fingerprint density at radius 2 is 1.32 bits per heavy atom. The molecule has 0 aliphatic rings. The lowest BCUT2D eigenvalue weighted by Crippen LogP contribution is -2.12. The van der Waals surface area contributed by atoms with E-state index >= 15 is 0 Å². The van der Waals surface area contributed by atoms with Gasteiger partial charge in [0, 0.05) is 0 Å². The van der Waals surface area contributed by atoms with Crippen LogP contribution < -0.4 is 0 Å². The fourth-order valence-electron chi connectivity index (χ4n) is 1.81. The van der Waals surface area contributed by atoms with E-state index in [0.717, 1.165) is 12.1 Å². The molecule has 0 aliphatic carbocycles. The van der Waals surface area contributed by atoms with E-state index in [1.54, 1.807) is 0 Å². The number of rotatable bonds is 2. The van der Waals surface area contributed by atoms with E-state index in [-0.39, 0.29) is 6.07 Å². The second-order valence-corrected chi connectivity index (χ2v) is 5.59. The average molecular weight is 453 g/mol. The summed E-state index contributed by atoms with van der Waals surface area (Å²) in [5, 5.41) is -2.59. The van der Waals surface area contributed by atoms with Crippen molar-refractivity contribution in [2.24, 2.45) is 0 Å². The normalized spacial score (nSPS) is 11.5. The van der Waals surface area contributed by atoms with Gasteiger partial charge in [-0.05, 0) is 53.5 Å². The van der Waals surface area contributed by atoms with E-state index in [1.165, 1.54) is 0 Å². The van der Waals surface area contributed by atoms with Crippen LogP contribution in [0.5, 0.6) is 0 Å². The Hall–Kier alpha value is -2.20. The molecule has 0 aliphatic heterocycles. The van der Waals surface area contributed by atoms with E-state index in [1.807, 2.05) is 0 Å². The third-order valence-electron chi connectivity index (χ3n) is 3.02. The zero-order valence-electron chi connectivity index (χ0n) is 13.1. The van der Waals surface area contributed by atoms with Crippen LogP contribution in [-0.4, -0.2) is 10.5 Å². The minimum Gasteiger partial charge on any atom is -0.275 e. The lowest BCUT2D eigenvalue weighted by atomic mass is 10.1. The Morgan fingerprint density at radius 1 is 0.750 bits per heavy atom. The predicted molar refractivity (Wildman–Crippen MR) is 83.2 cm³/mol. The number of benzene rings is 2. The van der Waals surface area contributed by atoms with Crippen molar-refractivity contribution < 1.29 is 44.7 Å². The summed E-state index contributed by atoms with van der Waals surface area (Å²) in [5.41, 5.74) is -4.23. The van der Waals surface area contributed by atoms with Gasteiger partial charge in [0.1, 0.15) is 11.6 Å². The van der Waals surface area contributed by atoms with Crippen molar-refractivity contribution in [1.82, 2.24) is 0 Å². The summed E-state index contributed by atoms with van der Waals surface area (Å²) in [6.07, 6.45) is -9.42. The Labute approximate surface area is 161 Å². The standard InChI is InChI=1S/2C8H3ClF4O/c9-7(14)5-2-1-4(3-6(5)10)8(11,12)13;9-7(14)6-4(8(11,12)13)2-1-3-5(6)10/h2*1-3H. The minimum absolute atomic E-state index is 0.232. The van der Waals surface area contributed by atoms with Crippen LogP contribution in [0.4, 0.5) is 35.1 Å². The molecule has 0 saturated carbocycles. The number of halogens is 10. The van der Waals surface area contributed by atoms with Crippen LogP contribution >= 0.6 is 23.2 Å². The minimum atomic E-state index is -4.79. The van der Waals surface area contributed by atoms with Crippen molar-refractivity contribution in [2.75, 3.05) is 0 Å². The predicted octanol–water partition coefficient (Wildman–Crippen LogP) is 6.45. The summed E-state index contributed by atoms with van der Waals surface area (Å²) in [5.74, 6) is -2.56. The molecule has 0 radical (unpaired) electrons. The number of carbonyl (C=O) groups excluding carboxylic acids is 2. The summed E-state index contributed by atoms with van der Waals surface area (Å²) in [6.45, 7) is 0. The first-order chi connectivity index (χ1) is 12.7. The maximum atomic E-state index is 12.8. The van der Waals surface area contributed by atoms with Gasteiger partial charge in [-0.3, -0.25) is 9.59 Å². The molecule has 12 heteroatoms. The van der Waals surface area contributed by atoms with Gasteiger partial charge in [-0.1, -0.05) is 6.07 Å². The molecule has 0 heterocycles. The summed E-state index contributed by atoms with van der Waals surface area (Å²) >= 11 is 9.76. The van der Waals surface area contributed by atoms with Gasteiger partial charge >= 0.3 is 12.4 Å². The quantitative estimate of drug-likeness (QED) is 0.387. The molecule has 152 valence electrons. The van der Waals surface area contributed by atoms with Crippen molar-refractivity contribution in [1.29, 1.82) is 0 Å². The lowest BCUT2D eigenvalue weighted by molar-refractivity contribution is -0.138. The molecule has 2 rings (SSSR count). The van der Waals surface area contributed by atoms with E-state index in [4.69, 9.17) is 23.2 Å². The monoisotopic (exact) mass is 452 g/mol. The highest BCUT2D eigenvalue weighted by Gasteiger charge is 2.36. The lowest BCUT2D eigenvalue weighted by Gasteiger charge is -2.09. The summed E-state index contributed by atoms with van der Waals surface area (Å²) in [7, 11) is 0. The second-order valence-electron chi connectivity index (χ2n) is 4.90. The van der Waals surface area contributed by atoms with Gasteiger partial charge in [-0.25, -0.2) is 8.78 Å². The third-order valence-corrected chi connectivity index (χ3v) is 3.42. The molecule has 28 heavy (non-hydrogen) atoms. The maximum Gasteiger partial charge on any atom is 0.417 e. The highest BCUT2D eigenvalue weighted by molar-refractivity contribution is 6.68. The Morgan fingerprint density at radius 3 is 1.68 bits per heavy atom. The van der Waals surface area contributed by atoms with Crippen molar-refractivity contribution in [3.8, 4) is 0 Å². The van der Waals surface area contributed by atoms with Crippen molar-refractivity contribution in [3.63, 3.8) is 0 Å². The molecular formula is C16H6Cl2F8O2. The number of hydrogen-bond donors (Lipinski definition) is 0. The number of hydrogen-bond acceptors (Lipinski definition) is 2. The van der Waals surface area contributed by atoms with E-state index in [0.29, 0.717) is 18.2 Å². The fourth-order valence-corrected chi connectivity index (χ4v) is 2.16. The molecule has 2 aromatic rings. The molecule has 0 aromatic heterocycles. The molecule has 0 amide bonds. The molecule has 0 spiro atoms. The molecule has 0 bridgehead atoms. The Bertz CT molecular complexity index is 891. The van der Waals surface area contributed by atoms with Gasteiger partial charge < -0.3 is 0 Å². The molecular weight excluding hydrogens is 447 g/mol. The molecule has 0 atom stereocenters. The average Bonchev–Trinajstić information content (AvgIpc) is 2.52.